The molecule has 0 fully saturated rings. The number of unbranched alkanes of at least 4 members (excludes halogenated alkanes) is 3. The lowest BCUT2D eigenvalue weighted by Crippen LogP contribution is -2.17. The molecule has 7 heteroatoms. The molecule has 130 valence electrons. The van der Waals surface area contributed by atoms with E-state index in [1.807, 2.05) is 0 Å². The molecule has 2 rings (SSSR count). The Kier molecular flexibility index (Phi) is 6.00. The van der Waals surface area contributed by atoms with Crippen molar-refractivity contribution in [2.45, 2.75) is 45.5 Å². The van der Waals surface area contributed by atoms with Crippen LogP contribution in [0, 0.1) is 0 Å². The standard InChI is InChI=1S/C17H19F3N2O2/c1-2-3-4-5-6-22-11-15(10-21-22)14-7-13(12-23)8-16(9-14)24-17(18,19)20/h7-12H,2-6H2,1H3. The molecule has 0 N–H and O–H groups in total. The number of ether oxygens (including phenoxy) is 1. The summed E-state index contributed by atoms with van der Waals surface area (Å²) in [6.07, 6.45) is 3.42. The maximum atomic E-state index is 12.4. The van der Waals surface area contributed by atoms with Gasteiger partial charge in [0, 0.05) is 23.9 Å². The first-order valence-corrected chi connectivity index (χ1v) is 7.80. The summed E-state index contributed by atoms with van der Waals surface area (Å²) in [7, 11) is 0. The third-order valence-corrected chi connectivity index (χ3v) is 3.51. The van der Waals surface area contributed by atoms with Crippen LogP contribution < -0.4 is 4.74 Å². The second-order valence-corrected chi connectivity index (χ2v) is 5.51. The molecule has 4 nitrogen and oxygen atoms in total. The van der Waals surface area contributed by atoms with Crippen molar-refractivity contribution >= 4 is 6.29 Å². The van der Waals surface area contributed by atoms with Crippen molar-refractivity contribution in [3.63, 3.8) is 0 Å². The number of benzene rings is 1. The largest absolute Gasteiger partial charge is 0.573 e. The summed E-state index contributed by atoms with van der Waals surface area (Å²) in [5.41, 5.74) is 1.21. The minimum absolute atomic E-state index is 0.113. The van der Waals surface area contributed by atoms with Crippen LogP contribution >= 0.6 is 0 Å². The van der Waals surface area contributed by atoms with E-state index in [-0.39, 0.29) is 5.56 Å². The maximum absolute atomic E-state index is 12.4. The van der Waals surface area contributed by atoms with Gasteiger partial charge in [-0.15, -0.1) is 13.2 Å². The molecule has 0 bridgehead atoms. The molecule has 0 unspecified atom stereocenters. The first-order valence-electron chi connectivity index (χ1n) is 7.80. The highest BCUT2D eigenvalue weighted by Gasteiger charge is 2.31. The normalized spacial score (nSPS) is 11.5. The number of halogens is 3. The second-order valence-electron chi connectivity index (χ2n) is 5.51. The topological polar surface area (TPSA) is 44.1 Å². The van der Waals surface area contributed by atoms with Gasteiger partial charge in [-0.1, -0.05) is 26.2 Å². The van der Waals surface area contributed by atoms with Gasteiger partial charge in [-0.05, 0) is 30.2 Å². The zero-order valence-electron chi connectivity index (χ0n) is 13.3. The number of nitrogens with zero attached hydrogens (tertiary/aromatic N) is 2. The number of hydrogen-bond donors (Lipinski definition) is 0. The Morgan fingerprint density at radius 2 is 1.96 bits per heavy atom. The zero-order valence-corrected chi connectivity index (χ0v) is 13.3. The predicted octanol–water partition coefficient (Wildman–Crippen LogP) is 4.84. The van der Waals surface area contributed by atoms with E-state index in [1.54, 1.807) is 17.1 Å². The molecule has 0 aliphatic rings. The molecule has 0 aliphatic carbocycles. The molecule has 0 spiro atoms. The first-order chi connectivity index (χ1) is 11.4. The van der Waals surface area contributed by atoms with E-state index in [4.69, 9.17) is 0 Å². The lowest BCUT2D eigenvalue weighted by atomic mass is 10.1. The Labute approximate surface area is 138 Å². The minimum atomic E-state index is -4.80. The Hall–Kier alpha value is -2.31. The van der Waals surface area contributed by atoms with Crippen LogP contribution in [0.4, 0.5) is 13.2 Å². The van der Waals surface area contributed by atoms with E-state index in [2.05, 4.69) is 16.8 Å². The highest BCUT2D eigenvalue weighted by atomic mass is 19.4. The zero-order chi connectivity index (χ0) is 17.6. The monoisotopic (exact) mass is 340 g/mol. The van der Waals surface area contributed by atoms with Gasteiger partial charge in [-0.2, -0.15) is 5.10 Å². The average Bonchev–Trinajstić information content (AvgIpc) is 2.98. The number of rotatable bonds is 8. The number of aryl methyl sites for hydroxylation is 1. The van der Waals surface area contributed by atoms with Crippen molar-refractivity contribution in [2.75, 3.05) is 0 Å². The smallest absolute Gasteiger partial charge is 0.406 e. The summed E-state index contributed by atoms with van der Waals surface area (Å²) in [5.74, 6) is -0.419. The molecule has 0 aliphatic heterocycles. The van der Waals surface area contributed by atoms with Gasteiger partial charge in [0.05, 0.1) is 6.20 Å². The summed E-state index contributed by atoms with van der Waals surface area (Å²) < 4.78 is 42.8. The van der Waals surface area contributed by atoms with Gasteiger partial charge in [-0.25, -0.2) is 0 Å². The van der Waals surface area contributed by atoms with Crippen LogP contribution in [-0.4, -0.2) is 22.4 Å². The van der Waals surface area contributed by atoms with E-state index in [0.717, 1.165) is 38.3 Å². The fourth-order valence-corrected chi connectivity index (χ4v) is 2.38. The quantitative estimate of drug-likeness (QED) is 0.510. The highest BCUT2D eigenvalue weighted by Crippen LogP contribution is 2.29. The van der Waals surface area contributed by atoms with Crippen molar-refractivity contribution in [3.05, 3.63) is 36.2 Å². The van der Waals surface area contributed by atoms with Gasteiger partial charge < -0.3 is 4.74 Å². The van der Waals surface area contributed by atoms with E-state index in [1.165, 1.54) is 12.1 Å². The van der Waals surface area contributed by atoms with Crippen molar-refractivity contribution in [3.8, 4) is 16.9 Å². The number of alkyl halides is 3. The fraction of sp³-hybridized carbons (Fsp3) is 0.412. The van der Waals surface area contributed by atoms with Crippen molar-refractivity contribution in [1.29, 1.82) is 0 Å². The van der Waals surface area contributed by atoms with E-state index in [0.29, 0.717) is 17.4 Å². The Bertz CT molecular complexity index is 681. The van der Waals surface area contributed by atoms with Gasteiger partial charge in [0.15, 0.2) is 0 Å². The molecule has 0 amide bonds. The molecule has 24 heavy (non-hydrogen) atoms. The number of aldehydes is 1. The summed E-state index contributed by atoms with van der Waals surface area (Å²) in [6, 6.07) is 3.81. The molecule has 1 heterocycles. The molecule has 0 atom stereocenters. The van der Waals surface area contributed by atoms with E-state index >= 15 is 0 Å². The Balaban J connectivity index is 2.17. The van der Waals surface area contributed by atoms with Crippen LogP contribution in [0.25, 0.3) is 11.1 Å². The molecule has 1 aromatic heterocycles. The number of hydrogen-bond acceptors (Lipinski definition) is 3. The SMILES string of the molecule is CCCCCCn1cc(-c2cc(C=O)cc(OC(F)(F)F)c2)cn1. The first kappa shape index (κ1) is 18.0. The van der Waals surface area contributed by atoms with Crippen molar-refractivity contribution in [2.24, 2.45) is 0 Å². The van der Waals surface area contributed by atoms with Gasteiger partial charge in [0.2, 0.25) is 0 Å². The van der Waals surface area contributed by atoms with Gasteiger partial charge >= 0.3 is 6.36 Å². The van der Waals surface area contributed by atoms with Crippen LogP contribution in [0.5, 0.6) is 5.75 Å². The Morgan fingerprint density at radius 1 is 1.17 bits per heavy atom. The fourth-order valence-electron chi connectivity index (χ4n) is 2.38. The molecule has 0 radical (unpaired) electrons. The molecule has 0 saturated carbocycles. The van der Waals surface area contributed by atoms with E-state index in [9.17, 15) is 18.0 Å². The van der Waals surface area contributed by atoms with Gasteiger partial charge in [-0.3, -0.25) is 9.48 Å². The predicted molar refractivity (Wildman–Crippen MR) is 83.9 cm³/mol. The number of carbonyl (C=O) groups is 1. The highest BCUT2D eigenvalue weighted by molar-refractivity contribution is 5.80. The van der Waals surface area contributed by atoms with Crippen LogP contribution in [-0.2, 0) is 6.54 Å². The average molecular weight is 340 g/mol. The second kappa shape index (κ2) is 7.99. The van der Waals surface area contributed by atoms with E-state index < -0.39 is 12.1 Å². The van der Waals surface area contributed by atoms with Gasteiger partial charge in [0.25, 0.3) is 0 Å². The molecular weight excluding hydrogens is 321 g/mol. The third-order valence-electron chi connectivity index (χ3n) is 3.51. The Morgan fingerprint density at radius 3 is 2.62 bits per heavy atom. The molecule has 0 saturated heterocycles. The number of aromatic nitrogens is 2. The lowest BCUT2D eigenvalue weighted by Gasteiger charge is -2.10. The summed E-state index contributed by atoms with van der Waals surface area (Å²) >= 11 is 0. The number of carbonyl (C=O) groups excluding carboxylic acids is 1. The summed E-state index contributed by atoms with van der Waals surface area (Å²) in [4.78, 5) is 11.0. The maximum Gasteiger partial charge on any atom is 0.573 e. The van der Waals surface area contributed by atoms with Crippen LogP contribution in [0.15, 0.2) is 30.6 Å². The third kappa shape index (κ3) is 5.40. The van der Waals surface area contributed by atoms with Crippen LogP contribution in [0.3, 0.4) is 0 Å². The van der Waals surface area contributed by atoms with Crippen LogP contribution in [0.1, 0.15) is 43.0 Å². The lowest BCUT2D eigenvalue weighted by molar-refractivity contribution is -0.274. The molecule has 1 aromatic carbocycles. The minimum Gasteiger partial charge on any atom is -0.406 e. The van der Waals surface area contributed by atoms with Gasteiger partial charge in [0.1, 0.15) is 12.0 Å². The van der Waals surface area contributed by atoms with Crippen molar-refractivity contribution < 1.29 is 22.7 Å². The summed E-state index contributed by atoms with van der Waals surface area (Å²) in [5, 5.41) is 4.22. The molecular formula is C17H19F3N2O2. The molecule has 2 aromatic rings. The van der Waals surface area contributed by atoms with Crippen molar-refractivity contribution in [1.82, 2.24) is 9.78 Å². The summed E-state index contributed by atoms with van der Waals surface area (Å²) in [6.45, 7) is 2.88. The van der Waals surface area contributed by atoms with Crippen LogP contribution in [0.2, 0.25) is 0 Å².